The summed E-state index contributed by atoms with van der Waals surface area (Å²) in [5.41, 5.74) is 3.05. The minimum Gasteiger partial charge on any atom is -0.497 e. The number of H-pyrrole nitrogens is 1. The Morgan fingerprint density at radius 2 is 2.00 bits per heavy atom. The number of methoxy groups -OCH3 is 1. The van der Waals surface area contributed by atoms with Gasteiger partial charge in [-0.25, -0.2) is 14.8 Å². The molecule has 0 unspecified atom stereocenters. The molecular formula is C23H27N6O3+. The van der Waals surface area contributed by atoms with Gasteiger partial charge in [0.25, 0.3) is 12.0 Å². The van der Waals surface area contributed by atoms with E-state index in [1.165, 1.54) is 10.8 Å². The highest BCUT2D eigenvalue weighted by Gasteiger charge is 2.30. The molecule has 0 amide bonds. The third-order valence-electron chi connectivity index (χ3n) is 6.12. The second-order valence-corrected chi connectivity index (χ2v) is 8.77. The molecule has 0 aliphatic carbocycles. The molecule has 4 heterocycles. The van der Waals surface area contributed by atoms with Crippen molar-refractivity contribution in [3.8, 4) is 5.75 Å². The topological polar surface area (TPSA) is 88.0 Å². The Hall–Kier alpha value is -3.30. The summed E-state index contributed by atoms with van der Waals surface area (Å²) in [7, 11) is 1.63. The van der Waals surface area contributed by atoms with Crippen LogP contribution in [-0.4, -0.2) is 56.5 Å². The van der Waals surface area contributed by atoms with Gasteiger partial charge in [0.15, 0.2) is 5.65 Å². The molecule has 1 fully saturated rings. The summed E-state index contributed by atoms with van der Waals surface area (Å²) in [4.78, 5) is 23.4. The van der Waals surface area contributed by atoms with Crippen molar-refractivity contribution in [3.05, 3.63) is 64.5 Å². The highest BCUT2D eigenvalue weighted by molar-refractivity contribution is 5.87. The van der Waals surface area contributed by atoms with Gasteiger partial charge < -0.3 is 9.47 Å². The molecule has 166 valence electrons. The van der Waals surface area contributed by atoms with Gasteiger partial charge in [0.05, 0.1) is 32.3 Å². The van der Waals surface area contributed by atoms with E-state index in [1.54, 1.807) is 11.7 Å². The molecular weight excluding hydrogens is 408 g/mol. The number of nitrogens with one attached hydrogen (secondary N) is 1. The molecule has 0 spiro atoms. The zero-order valence-electron chi connectivity index (χ0n) is 18.5. The maximum absolute atomic E-state index is 13.2. The number of rotatable bonds is 5. The van der Waals surface area contributed by atoms with Crippen molar-refractivity contribution in [2.75, 3.05) is 26.9 Å². The highest BCUT2D eigenvalue weighted by Crippen LogP contribution is 2.23. The van der Waals surface area contributed by atoms with E-state index < -0.39 is 0 Å². The molecule has 9 nitrogen and oxygen atoms in total. The molecule has 0 radical (unpaired) electrons. The molecule has 1 aliphatic heterocycles. The van der Waals surface area contributed by atoms with Gasteiger partial charge in [0.1, 0.15) is 5.75 Å². The van der Waals surface area contributed by atoms with Crippen LogP contribution in [0.2, 0.25) is 0 Å². The van der Waals surface area contributed by atoms with Crippen LogP contribution in [0.15, 0.2) is 47.7 Å². The van der Waals surface area contributed by atoms with E-state index in [4.69, 9.17) is 14.5 Å². The molecule has 0 bridgehead atoms. The Balaban J connectivity index is 1.58. The van der Waals surface area contributed by atoms with E-state index in [0.717, 1.165) is 42.0 Å². The highest BCUT2D eigenvalue weighted by atomic mass is 16.5. The SMILES string of the molecule is COc1ccc(Cn2c(=O)n3nc[nH+]c3c3cc(CN4CCOCC4(C)C)cnc32)cc1. The fourth-order valence-corrected chi connectivity index (χ4v) is 4.25. The van der Waals surface area contributed by atoms with E-state index in [9.17, 15) is 4.79 Å². The van der Waals surface area contributed by atoms with Gasteiger partial charge in [0.2, 0.25) is 0 Å². The number of hydrogen-bond acceptors (Lipinski definition) is 6. The molecule has 4 aromatic rings. The zero-order chi connectivity index (χ0) is 22.3. The van der Waals surface area contributed by atoms with Gasteiger partial charge >= 0.3 is 5.69 Å². The Kier molecular flexibility index (Phi) is 5.15. The van der Waals surface area contributed by atoms with Gasteiger partial charge in [-0.2, -0.15) is 0 Å². The van der Waals surface area contributed by atoms with Crippen molar-refractivity contribution >= 4 is 16.7 Å². The number of fused-ring (bicyclic) bond motifs is 3. The van der Waals surface area contributed by atoms with Crippen LogP contribution in [0.3, 0.4) is 0 Å². The molecule has 32 heavy (non-hydrogen) atoms. The van der Waals surface area contributed by atoms with Crippen molar-refractivity contribution in [1.82, 2.24) is 24.1 Å². The van der Waals surface area contributed by atoms with Gasteiger partial charge in [-0.05, 0) is 47.7 Å². The van der Waals surface area contributed by atoms with E-state index in [1.807, 2.05) is 30.5 Å². The first-order chi connectivity index (χ1) is 15.5. The Bertz CT molecular complexity index is 1330. The van der Waals surface area contributed by atoms with Gasteiger partial charge in [-0.3, -0.25) is 9.47 Å². The van der Waals surface area contributed by atoms with E-state index in [2.05, 4.69) is 34.9 Å². The van der Waals surface area contributed by atoms with E-state index in [-0.39, 0.29) is 11.2 Å². The lowest BCUT2D eigenvalue weighted by molar-refractivity contribution is -0.345. The van der Waals surface area contributed by atoms with Crippen LogP contribution in [0.4, 0.5) is 0 Å². The summed E-state index contributed by atoms with van der Waals surface area (Å²) < 4.78 is 13.9. The number of ether oxygens (including phenoxy) is 2. The van der Waals surface area contributed by atoms with Gasteiger partial charge in [-0.1, -0.05) is 12.1 Å². The second kappa shape index (κ2) is 7.99. The smallest absolute Gasteiger partial charge is 0.425 e. The third-order valence-corrected chi connectivity index (χ3v) is 6.12. The number of hydrogen-bond donors (Lipinski definition) is 0. The summed E-state index contributed by atoms with van der Waals surface area (Å²) in [6.45, 7) is 7.83. The van der Waals surface area contributed by atoms with E-state index >= 15 is 0 Å². The number of morpholine rings is 1. The number of aromatic nitrogens is 5. The summed E-state index contributed by atoms with van der Waals surface area (Å²) >= 11 is 0. The number of nitrogens with zero attached hydrogens (tertiary/aromatic N) is 5. The van der Waals surface area contributed by atoms with Gasteiger partial charge in [0, 0.05) is 29.9 Å². The van der Waals surface area contributed by atoms with Crippen molar-refractivity contribution in [3.63, 3.8) is 0 Å². The van der Waals surface area contributed by atoms with Crippen molar-refractivity contribution in [2.24, 2.45) is 0 Å². The number of aromatic amines is 1. The molecule has 3 aromatic heterocycles. The van der Waals surface area contributed by atoms with Crippen LogP contribution in [0, 0.1) is 0 Å². The third kappa shape index (κ3) is 3.63. The average Bonchev–Trinajstić information content (AvgIpc) is 3.29. The minimum atomic E-state index is -0.237. The van der Waals surface area contributed by atoms with Crippen LogP contribution in [0.5, 0.6) is 5.75 Å². The summed E-state index contributed by atoms with van der Waals surface area (Å²) in [5.74, 6) is 0.775. The quantitative estimate of drug-likeness (QED) is 0.472. The van der Waals surface area contributed by atoms with Crippen LogP contribution >= 0.6 is 0 Å². The van der Waals surface area contributed by atoms with Crippen LogP contribution in [0.1, 0.15) is 25.0 Å². The Morgan fingerprint density at radius 3 is 2.75 bits per heavy atom. The summed E-state index contributed by atoms with van der Waals surface area (Å²) in [5, 5.41) is 5.08. The molecule has 5 rings (SSSR count). The zero-order valence-corrected chi connectivity index (χ0v) is 18.5. The second-order valence-electron chi connectivity index (χ2n) is 8.77. The average molecular weight is 436 g/mol. The first kappa shape index (κ1) is 20.6. The van der Waals surface area contributed by atoms with Gasteiger partial charge in [-0.15, -0.1) is 0 Å². The Labute approximate surface area is 185 Å². The first-order valence-corrected chi connectivity index (χ1v) is 10.7. The fraction of sp³-hybridized carbons (Fsp3) is 0.391. The molecule has 1 aromatic carbocycles. The first-order valence-electron chi connectivity index (χ1n) is 10.7. The summed E-state index contributed by atoms with van der Waals surface area (Å²) in [6.07, 6.45) is 3.40. The van der Waals surface area contributed by atoms with E-state index in [0.29, 0.717) is 24.4 Å². The van der Waals surface area contributed by atoms with Crippen LogP contribution in [0.25, 0.3) is 16.7 Å². The molecule has 1 aliphatic rings. The normalized spacial score (nSPS) is 16.6. The maximum atomic E-state index is 13.2. The lowest BCUT2D eigenvalue weighted by Gasteiger charge is -2.42. The standard InChI is InChI=1S/C23H26N6O3/c1-23(2)14-32-9-8-27(23)12-17-10-19-20(24-11-17)28(22(30)29-21(19)25-15-26-29)13-16-4-6-18(31-3)7-5-16/h4-7,10-11,15H,8-9,12-14H2,1-3H3/p+1. The van der Waals surface area contributed by atoms with Crippen LogP contribution in [-0.2, 0) is 17.8 Å². The minimum absolute atomic E-state index is 0.0432. The lowest BCUT2D eigenvalue weighted by Crippen LogP contribution is -2.52. The predicted octanol–water partition coefficient (Wildman–Crippen LogP) is 1.53. The number of pyridine rings is 1. The fourth-order valence-electron chi connectivity index (χ4n) is 4.25. The lowest BCUT2D eigenvalue weighted by atomic mass is 10.0. The van der Waals surface area contributed by atoms with Crippen molar-refractivity contribution in [1.29, 1.82) is 0 Å². The number of benzene rings is 1. The predicted molar refractivity (Wildman–Crippen MR) is 119 cm³/mol. The van der Waals surface area contributed by atoms with Crippen LogP contribution < -0.4 is 15.4 Å². The largest absolute Gasteiger partial charge is 0.497 e. The van der Waals surface area contributed by atoms with Crippen molar-refractivity contribution in [2.45, 2.75) is 32.5 Å². The van der Waals surface area contributed by atoms with Crippen molar-refractivity contribution < 1.29 is 14.5 Å². The Morgan fingerprint density at radius 1 is 1.19 bits per heavy atom. The maximum Gasteiger partial charge on any atom is 0.425 e. The molecule has 9 heteroatoms. The molecule has 1 N–H and O–H groups in total. The summed E-state index contributed by atoms with van der Waals surface area (Å²) in [6, 6.07) is 9.78. The molecule has 0 saturated carbocycles. The molecule has 0 atom stereocenters. The monoisotopic (exact) mass is 435 g/mol. The molecule has 1 saturated heterocycles.